The zero-order chi connectivity index (χ0) is 12.5. The van der Waals surface area contributed by atoms with Crippen molar-refractivity contribution in [1.29, 1.82) is 0 Å². The summed E-state index contributed by atoms with van der Waals surface area (Å²) in [5.74, 6) is 0.470. The molecule has 0 saturated heterocycles. The molecule has 18 heavy (non-hydrogen) atoms. The Morgan fingerprint density at radius 3 is 3.00 bits per heavy atom. The van der Waals surface area contributed by atoms with Gasteiger partial charge in [0, 0.05) is 25.0 Å². The Morgan fingerprint density at radius 1 is 1.44 bits per heavy atom. The number of rotatable bonds is 4. The van der Waals surface area contributed by atoms with Crippen molar-refractivity contribution >= 4 is 17.5 Å². The molecule has 3 nitrogen and oxygen atoms in total. The average Bonchev–Trinajstić information content (AvgIpc) is 3.10. The van der Waals surface area contributed by atoms with Gasteiger partial charge in [0.2, 0.25) is 5.95 Å². The summed E-state index contributed by atoms with van der Waals surface area (Å²) in [6.45, 7) is 0.587. The van der Waals surface area contributed by atoms with E-state index in [1.54, 1.807) is 18.3 Å². The Hall–Kier alpha value is -1.55. The number of halogens is 2. The molecule has 0 amide bonds. The van der Waals surface area contributed by atoms with Gasteiger partial charge in [-0.3, -0.25) is 0 Å². The van der Waals surface area contributed by atoms with Crippen LogP contribution in [0.3, 0.4) is 0 Å². The molecule has 1 N–H and O–H groups in total. The summed E-state index contributed by atoms with van der Waals surface area (Å²) in [4.78, 5) is 4.28. The first-order valence-corrected chi connectivity index (χ1v) is 6.32. The van der Waals surface area contributed by atoms with Crippen LogP contribution < -0.4 is 5.32 Å². The number of nitrogens with zero attached hydrogens (tertiary/aromatic N) is 2. The lowest BCUT2D eigenvalue weighted by molar-refractivity contribution is 0.627. The monoisotopic (exact) mass is 265 g/mol. The molecule has 0 aliphatic heterocycles. The van der Waals surface area contributed by atoms with E-state index in [4.69, 9.17) is 11.6 Å². The summed E-state index contributed by atoms with van der Waals surface area (Å²) < 4.78 is 15.2. The van der Waals surface area contributed by atoms with Gasteiger partial charge in [0.05, 0.1) is 5.02 Å². The van der Waals surface area contributed by atoms with Crippen molar-refractivity contribution in [3.63, 3.8) is 0 Å². The molecule has 1 aromatic carbocycles. The highest BCUT2D eigenvalue weighted by molar-refractivity contribution is 6.30. The Morgan fingerprint density at radius 2 is 2.28 bits per heavy atom. The molecule has 0 atom stereocenters. The van der Waals surface area contributed by atoms with Crippen LogP contribution >= 0.6 is 11.6 Å². The van der Waals surface area contributed by atoms with Gasteiger partial charge < -0.3 is 9.88 Å². The first kappa shape index (κ1) is 11.5. The SMILES string of the molecule is Fc1ccc(CNc2nccn2C2CC2)cc1Cl. The van der Waals surface area contributed by atoms with Crippen LogP contribution in [0.15, 0.2) is 30.6 Å². The zero-order valence-corrected chi connectivity index (χ0v) is 10.5. The Balaban J connectivity index is 1.69. The van der Waals surface area contributed by atoms with Gasteiger partial charge in [-0.25, -0.2) is 9.37 Å². The highest BCUT2D eigenvalue weighted by Crippen LogP contribution is 2.36. The number of nitrogens with one attached hydrogen (secondary N) is 1. The van der Waals surface area contributed by atoms with Gasteiger partial charge in [0.15, 0.2) is 0 Å². The van der Waals surface area contributed by atoms with Crippen LogP contribution in [0.2, 0.25) is 5.02 Å². The second-order valence-corrected chi connectivity index (χ2v) is 4.90. The van der Waals surface area contributed by atoms with Crippen molar-refractivity contribution in [2.75, 3.05) is 5.32 Å². The number of hydrogen-bond donors (Lipinski definition) is 1. The normalized spacial score (nSPS) is 14.8. The van der Waals surface area contributed by atoms with E-state index in [9.17, 15) is 4.39 Å². The molecule has 0 bridgehead atoms. The maximum Gasteiger partial charge on any atom is 0.203 e. The molecule has 0 radical (unpaired) electrons. The van der Waals surface area contributed by atoms with E-state index in [1.165, 1.54) is 18.9 Å². The van der Waals surface area contributed by atoms with Gasteiger partial charge >= 0.3 is 0 Å². The molecule has 1 fully saturated rings. The van der Waals surface area contributed by atoms with Crippen molar-refractivity contribution in [2.45, 2.75) is 25.4 Å². The molecule has 1 heterocycles. The standard InChI is InChI=1S/C13H13ClFN3/c14-11-7-9(1-4-12(11)15)8-17-13-16-5-6-18(13)10-2-3-10/h1,4-7,10H,2-3,8H2,(H,16,17). The zero-order valence-electron chi connectivity index (χ0n) is 9.74. The fourth-order valence-electron chi connectivity index (χ4n) is 1.93. The summed E-state index contributed by atoms with van der Waals surface area (Å²) in [7, 11) is 0. The predicted molar refractivity (Wildman–Crippen MR) is 69.2 cm³/mol. The molecule has 1 saturated carbocycles. The molecule has 0 spiro atoms. The molecule has 5 heteroatoms. The van der Waals surface area contributed by atoms with Gasteiger partial charge in [0.1, 0.15) is 5.82 Å². The van der Waals surface area contributed by atoms with Gasteiger partial charge in [-0.1, -0.05) is 17.7 Å². The first-order valence-electron chi connectivity index (χ1n) is 5.94. The molecule has 1 aliphatic rings. The summed E-state index contributed by atoms with van der Waals surface area (Å²) in [6.07, 6.45) is 6.21. The molecule has 94 valence electrons. The van der Waals surface area contributed by atoms with Crippen LogP contribution in [-0.2, 0) is 6.54 Å². The third-order valence-corrected chi connectivity index (χ3v) is 3.33. The van der Waals surface area contributed by atoms with Gasteiger partial charge in [0.25, 0.3) is 0 Å². The lowest BCUT2D eigenvalue weighted by atomic mass is 10.2. The van der Waals surface area contributed by atoms with E-state index in [0.717, 1.165) is 11.5 Å². The second-order valence-electron chi connectivity index (χ2n) is 4.49. The van der Waals surface area contributed by atoms with Crippen molar-refractivity contribution in [3.8, 4) is 0 Å². The fraction of sp³-hybridized carbons (Fsp3) is 0.308. The number of anilines is 1. The Kier molecular flexibility index (Phi) is 2.96. The van der Waals surface area contributed by atoms with Crippen molar-refractivity contribution in [2.24, 2.45) is 0 Å². The van der Waals surface area contributed by atoms with Crippen LogP contribution in [0, 0.1) is 5.82 Å². The fourth-order valence-corrected chi connectivity index (χ4v) is 2.13. The third-order valence-electron chi connectivity index (χ3n) is 3.04. The second kappa shape index (κ2) is 4.61. The predicted octanol–water partition coefficient (Wildman–Crippen LogP) is 3.62. The van der Waals surface area contributed by atoms with Crippen LogP contribution in [0.5, 0.6) is 0 Å². The molecular weight excluding hydrogens is 253 g/mol. The number of aromatic nitrogens is 2. The van der Waals surface area contributed by atoms with Crippen LogP contribution in [0.4, 0.5) is 10.3 Å². The number of imidazole rings is 1. The maximum absolute atomic E-state index is 13.0. The summed E-state index contributed by atoms with van der Waals surface area (Å²) in [5.41, 5.74) is 0.937. The van der Waals surface area contributed by atoms with Gasteiger partial charge in [-0.15, -0.1) is 0 Å². The largest absolute Gasteiger partial charge is 0.352 e. The minimum Gasteiger partial charge on any atom is -0.352 e. The maximum atomic E-state index is 13.0. The van der Waals surface area contributed by atoms with Crippen molar-refractivity contribution in [3.05, 3.63) is 47.0 Å². The lowest BCUT2D eigenvalue weighted by Crippen LogP contribution is -2.06. The Bertz CT molecular complexity index is 563. The van der Waals surface area contributed by atoms with E-state index in [-0.39, 0.29) is 10.8 Å². The number of benzene rings is 1. The highest BCUT2D eigenvalue weighted by Gasteiger charge is 2.25. The molecule has 3 rings (SSSR count). The van der Waals surface area contributed by atoms with Gasteiger partial charge in [-0.2, -0.15) is 0 Å². The van der Waals surface area contributed by atoms with E-state index in [0.29, 0.717) is 12.6 Å². The van der Waals surface area contributed by atoms with E-state index in [1.807, 2.05) is 6.20 Å². The lowest BCUT2D eigenvalue weighted by Gasteiger charge is -2.09. The third kappa shape index (κ3) is 2.34. The first-order chi connectivity index (χ1) is 8.74. The smallest absolute Gasteiger partial charge is 0.203 e. The van der Waals surface area contributed by atoms with Crippen molar-refractivity contribution in [1.82, 2.24) is 9.55 Å². The van der Waals surface area contributed by atoms with Crippen molar-refractivity contribution < 1.29 is 4.39 Å². The summed E-state index contributed by atoms with van der Waals surface area (Å²) in [6, 6.07) is 5.33. The highest BCUT2D eigenvalue weighted by atomic mass is 35.5. The summed E-state index contributed by atoms with van der Waals surface area (Å²) in [5, 5.41) is 3.40. The van der Waals surface area contributed by atoms with E-state index in [2.05, 4.69) is 14.9 Å². The molecule has 1 aliphatic carbocycles. The topological polar surface area (TPSA) is 29.9 Å². The summed E-state index contributed by atoms with van der Waals surface area (Å²) >= 11 is 5.74. The quantitative estimate of drug-likeness (QED) is 0.915. The molecule has 2 aromatic rings. The van der Waals surface area contributed by atoms with Crippen LogP contribution in [0.1, 0.15) is 24.4 Å². The van der Waals surface area contributed by atoms with E-state index < -0.39 is 0 Å². The molecule has 1 aromatic heterocycles. The van der Waals surface area contributed by atoms with Crippen LogP contribution in [-0.4, -0.2) is 9.55 Å². The van der Waals surface area contributed by atoms with Gasteiger partial charge in [-0.05, 0) is 30.5 Å². The number of hydrogen-bond acceptors (Lipinski definition) is 2. The Labute approximate surface area is 110 Å². The minimum atomic E-state index is -0.389. The molecule has 0 unspecified atom stereocenters. The molecular formula is C13H13ClFN3. The average molecular weight is 266 g/mol. The van der Waals surface area contributed by atoms with E-state index >= 15 is 0 Å². The van der Waals surface area contributed by atoms with Crippen LogP contribution in [0.25, 0.3) is 0 Å². The minimum absolute atomic E-state index is 0.153.